The molecule has 1 aliphatic heterocycles. The van der Waals surface area contributed by atoms with E-state index in [4.69, 9.17) is 15.6 Å². The summed E-state index contributed by atoms with van der Waals surface area (Å²) in [6.07, 6.45) is 5.91. The Kier molecular flexibility index (Phi) is 5.41. The molecule has 1 amide bonds. The second-order valence-corrected chi connectivity index (χ2v) is 9.59. The third-order valence-corrected chi connectivity index (χ3v) is 7.09. The molecule has 0 aliphatic carbocycles. The minimum absolute atomic E-state index is 0.00823. The van der Waals surface area contributed by atoms with Crippen molar-refractivity contribution >= 4 is 43.4 Å². The fourth-order valence-corrected chi connectivity index (χ4v) is 5.65. The third kappa shape index (κ3) is 3.99. The van der Waals surface area contributed by atoms with Gasteiger partial charge >= 0.3 is 0 Å². The molecule has 1 unspecified atom stereocenters. The Morgan fingerprint density at radius 2 is 2.10 bits per heavy atom. The summed E-state index contributed by atoms with van der Waals surface area (Å²) in [5, 5.41) is 4.71. The van der Waals surface area contributed by atoms with Crippen molar-refractivity contribution < 1.29 is 22.4 Å². The van der Waals surface area contributed by atoms with Gasteiger partial charge in [0.1, 0.15) is 16.9 Å². The zero-order valence-corrected chi connectivity index (χ0v) is 17.4. The SMILES string of the molecule is C#CCN(CC(=O)Nc1cc2oc3ccccc3c2cc1OC)C1CCS(=O)(=O)C1. The van der Waals surface area contributed by atoms with Crippen LogP contribution in [0.3, 0.4) is 0 Å². The predicted octanol–water partition coefficient (Wildman–Crippen LogP) is 2.66. The molecule has 1 saturated heterocycles. The number of hydrogen-bond acceptors (Lipinski definition) is 6. The molecule has 3 aromatic rings. The Balaban J connectivity index is 1.57. The molecule has 1 fully saturated rings. The first-order valence-corrected chi connectivity index (χ1v) is 11.4. The number of fused-ring (bicyclic) bond motifs is 3. The van der Waals surface area contributed by atoms with Crippen LogP contribution in [0.1, 0.15) is 6.42 Å². The summed E-state index contributed by atoms with van der Waals surface area (Å²) in [7, 11) is -1.54. The van der Waals surface area contributed by atoms with Gasteiger partial charge in [-0.1, -0.05) is 24.1 Å². The van der Waals surface area contributed by atoms with Crippen LogP contribution in [0.25, 0.3) is 21.9 Å². The fraction of sp³-hybridized carbons (Fsp3) is 0.318. The predicted molar refractivity (Wildman–Crippen MR) is 116 cm³/mol. The first kappa shape index (κ1) is 20.3. The molecular formula is C22H22N2O5S. The first-order chi connectivity index (χ1) is 14.4. The van der Waals surface area contributed by atoms with Gasteiger partial charge in [-0.3, -0.25) is 9.69 Å². The summed E-state index contributed by atoms with van der Waals surface area (Å²) in [6, 6.07) is 11.0. The summed E-state index contributed by atoms with van der Waals surface area (Å²) >= 11 is 0. The number of furan rings is 1. The van der Waals surface area contributed by atoms with Crippen molar-refractivity contribution in [3.63, 3.8) is 0 Å². The van der Waals surface area contributed by atoms with Crippen LogP contribution in [0.5, 0.6) is 5.75 Å². The van der Waals surface area contributed by atoms with Crippen LogP contribution in [0.15, 0.2) is 40.8 Å². The van der Waals surface area contributed by atoms with Gasteiger partial charge in [0.15, 0.2) is 9.84 Å². The maximum Gasteiger partial charge on any atom is 0.238 e. The zero-order valence-electron chi connectivity index (χ0n) is 16.6. The van der Waals surface area contributed by atoms with Crippen LogP contribution >= 0.6 is 0 Å². The highest BCUT2D eigenvalue weighted by molar-refractivity contribution is 7.91. The largest absolute Gasteiger partial charge is 0.495 e. The van der Waals surface area contributed by atoms with Gasteiger partial charge in [0.05, 0.1) is 37.4 Å². The molecule has 8 heteroatoms. The van der Waals surface area contributed by atoms with E-state index in [0.29, 0.717) is 23.4 Å². The van der Waals surface area contributed by atoms with Crippen LogP contribution in [0.2, 0.25) is 0 Å². The summed E-state index contributed by atoms with van der Waals surface area (Å²) in [5.41, 5.74) is 1.86. The topological polar surface area (TPSA) is 88.8 Å². The van der Waals surface area contributed by atoms with E-state index in [0.717, 1.165) is 16.4 Å². The van der Waals surface area contributed by atoms with Crippen molar-refractivity contribution in [3.05, 3.63) is 36.4 Å². The van der Waals surface area contributed by atoms with Crippen molar-refractivity contribution in [1.29, 1.82) is 0 Å². The number of rotatable bonds is 6. The smallest absolute Gasteiger partial charge is 0.238 e. The molecule has 4 rings (SSSR count). The molecule has 1 aliphatic rings. The Hall–Kier alpha value is -3.02. The Morgan fingerprint density at radius 3 is 2.80 bits per heavy atom. The Bertz CT molecular complexity index is 1260. The van der Waals surface area contributed by atoms with Gasteiger partial charge < -0.3 is 14.5 Å². The highest BCUT2D eigenvalue weighted by atomic mass is 32.2. The lowest BCUT2D eigenvalue weighted by molar-refractivity contribution is -0.117. The van der Waals surface area contributed by atoms with E-state index in [1.54, 1.807) is 11.0 Å². The van der Waals surface area contributed by atoms with E-state index in [2.05, 4.69) is 11.2 Å². The number of amides is 1. The van der Waals surface area contributed by atoms with Crippen molar-refractivity contribution in [1.82, 2.24) is 4.90 Å². The molecule has 1 N–H and O–H groups in total. The lowest BCUT2D eigenvalue weighted by atomic mass is 10.1. The average Bonchev–Trinajstić information content (AvgIpc) is 3.26. The zero-order chi connectivity index (χ0) is 21.3. The number of nitrogens with zero attached hydrogens (tertiary/aromatic N) is 1. The molecule has 2 aromatic carbocycles. The number of carbonyl (C=O) groups is 1. The number of sulfone groups is 1. The molecule has 156 valence electrons. The summed E-state index contributed by atoms with van der Waals surface area (Å²) in [6.45, 7) is 0.194. The van der Waals surface area contributed by atoms with Crippen molar-refractivity contribution in [2.24, 2.45) is 0 Å². The molecule has 2 heterocycles. The summed E-state index contributed by atoms with van der Waals surface area (Å²) in [4.78, 5) is 14.5. The molecule has 0 radical (unpaired) electrons. The molecule has 30 heavy (non-hydrogen) atoms. The summed E-state index contributed by atoms with van der Waals surface area (Å²) < 4.78 is 35.0. The van der Waals surface area contributed by atoms with E-state index < -0.39 is 9.84 Å². The molecule has 7 nitrogen and oxygen atoms in total. The lowest BCUT2D eigenvalue weighted by Crippen LogP contribution is -2.41. The normalized spacial score (nSPS) is 18.0. The second kappa shape index (κ2) is 8.01. The molecule has 1 atom stereocenters. The number of nitrogens with one attached hydrogen (secondary N) is 1. The number of hydrogen-bond donors (Lipinski definition) is 1. The van der Waals surface area contributed by atoms with Gasteiger partial charge in [0.2, 0.25) is 5.91 Å². The lowest BCUT2D eigenvalue weighted by Gasteiger charge is -2.25. The molecule has 0 spiro atoms. The Labute approximate surface area is 174 Å². The maximum atomic E-state index is 12.7. The monoisotopic (exact) mass is 426 g/mol. The van der Waals surface area contributed by atoms with E-state index >= 15 is 0 Å². The van der Waals surface area contributed by atoms with Gasteiger partial charge in [0.25, 0.3) is 0 Å². The van der Waals surface area contributed by atoms with Crippen molar-refractivity contribution in [3.8, 4) is 18.1 Å². The standard InChI is InChI=1S/C22H22N2O5S/c1-3-9-24(15-8-10-30(26,27)14-15)13-22(25)23-18-12-20-17(11-21(18)28-2)16-6-4-5-7-19(16)29-20/h1,4-7,11-12,15H,8-10,13-14H2,2H3,(H,23,25). The van der Waals surface area contributed by atoms with Crippen molar-refractivity contribution in [2.75, 3.05) is 37.0 Å². The second-order valence-electron chi connectivity index (χ2n) is 7.36. The number of terminal acetylenes is 1. The molecule has 1 aromatic heterocycles. The number of methoxy groups -OCH3 is 1. The van der Waals surface area contributed by atoms with Crippen LogP contribution < -0.4 is 10.1 Å². The Morgan fingerprint density at radius 1 is 1.30 bits per heavy atom. The number of anilines is 1. The molecule has 0 bridgehead atoms. The average molecular weight is 426 g/mol. The van der Waals surface area contributed by atoms with Gasteiger partial charge in [-0.2, -0.15) is 0 Å². The molecular weight excluding hydrogens is 404 g/mol. The van der Waals surface area contributed by atoms with E-state index in [1.807, 2.05) is 30.3 Å². The third-order valence-electron chi connectivity index (χ3n) is 5.34. The maximum absolute atomic E-state index is 12.7. The number of carbonyl (C=O) groups excluding carboxylic acids is 1. The van der Waals surface area contributed by atoms with Crippen LogP contribution in [-0.4, -0.2) is 57.0 Å². The van der Waals surface area contributed by atoms with Crippen LogP contribution in [0.4, 0.5) is 5.69 Å². The van der Waals surface area contributed by atoms with E-state index in [1.165, 1.54) is 7.11 Å². The van der Waals surface area contributed by atoms with Crippen LogP contribution in [-0.2, 0) is 14.6 Å². The van der Waals surface area contributed by atoms with Gasteiger partial charge in [0, 0.05) is 22.9 Å². The quantitative estimate of drug-likeness (QED) is 0.610. The highest BCUT2D eigenvalue weighted by Crippen LogP contribution is 2.36. The van der Waals surface area contributed by atoms with Crippen LogP contribution in [0, 0.1) is 12.3 Å². The number of para-hydroxylation sites is 1. The van der Waals surface area contributed by atoms with E-state index in [-0.39, 0.29) is 36.5 Å². The summed E-state index contributed by atoms with van der Waals surface area (Å²) in [5.74, 6) is 2.87. The van der Waals surface area contributed by atoms with Gasteiger partial charge in [-0.15, -0.1) is 6.42 Å². The van der Waals surface area contributed by atoms with Gasteiger partial charge in [-0.05, 0) is 18.6 Å². The first-order valence-electron chi connectivity index (χ1n) is 9.57. The fourth-order valence-electron chi connectivity index (χ4n) is 3.89. The number of benzene rings is 2. The van der Waals surface area contributed by atoms with E-state index in [9.17, 15) is 13.2 Å². The minimum Gasteiger partial charge on any atom is -0.495 e. The van der Waals surface area contributed by atoms with Gasteiger partial charge in [-0.25, -0.2) is 8.42 Å². The minimum atomic E-state index is -3.08. The van der Waals surface area contributed by atoms with Crippen molar-refractivity contribution in [2.45, 2.75) is 12.5 Å². The number of ether oxygens (including phenoxy) is 1. The molecule has 0 saturated carbocycles. The highest BCUT2D eigenvalue weighted by Gasteiger charge is 2.32.